The Hall–Kier alpha value is -2.95. The van der Waals surface area contributed by atoms with Crippen LogP contribution in [0.3, 0.4) is 0 Å². The average molecular weight is 543 g/mol. The van der Waals surface area contributed by atoms with Crippen LogP contribution >= 0.6 is 23.5 Å². The van der Waals surface area contributed by atoms with Crippen LogP contribution in [0, 0.1) is 12.9 Å². The molecular formula is C27H28ClFN4O3S. The zero-order valence-electron chi connectivity index (χ0n) is 20.5. The van der Waals surface area contributed by atoms with Gasteiger partial charge in [-0.1, -0.05) is 17.7 Å². The Bertz CT molecular complexity index is 1370. The Morgan fingerprint density at radius 2 is 2.11 bits per heavy atom. The molecule has 1 aliphatic heterocycles. The lowest BCUT2D eigenvalue weighted by Gasteiger charge is -2.31. The summed E-state index contributed by atoms with van der Waals surface area (Å²) in [5.74, 6) is 0.242. The second kappa shape index (κ2) is 12.5. The molecule has 1 saturated heterocycles. The monoisotopic (exact) mass is 542 g/mol. The molecule has 5 rings (SSSR count). The third-order valence-electron chi connectivity index (χ3n) is 5.85. The largest absolute Gasteiger partial charge is 0.491 e. The fraction of sp³-hybridized carbons (Fsp3) is 0.259. The molecule has 0 radical (unpaired) electrons. The number of H-pyrrole nitrogens is 1. The van der Waals surface area contributed by atoms with Gasteiger partial charge in [0.15, 0.2) is 6.29 Å². The Labute approximate surface area is 224 Å². The van der Waals surface area contributed by atoms with E-state index in [1.165, 1.54) is 31.3 Å². The molecule has 10 heteroatoms. The normalized spacial score (nSPS) is 15.8. The topological polar surface area (TPSA) is 93.5 Å². The fourth-order valence-electron chi connectivity index (χ4n) is 4.12. The summed E-state index contributed by atoms with van der Waals surface area (Å²) in [6, 6.07) is 14.4. The highest BCUT2D eigenvalue weighted by Gasteiger charge is 2.24. The van der Waals surface area contributed by atoms with Gasteiger partial charge in [-0.2, -0.15) is 4.39 Å². The van der Waals surface area contributed by atoms with E-state index in [4.69, 9.17) is 21.1 Å². The molecule has 0 bridgehead atoms. The molecule has 1 unspecified atom stereocenters. The molecular weight excluding hydrogens is 515 g/mol. The van der Waals surface area contributed by atoms with E-state index in [2.05, 4.69) is 20.0 Å². The summed E-state index contributed by atoms with van der Waals surface area (Å²) in [6.07, 6.45) is 2.24. The summed E-state index contributed by atoms with van der Waals surface area (Å²) in [6.45, 7) is 4.32. The van der Waals surface area contributed by atoms with E-state index >= 15 is 0 Å². The minimum atomic E-state index is -0.498. The molecule has 1 aliphatic rings. The van der Waals surface area contributed by atoms with Gasteiger partial charge < -0.3 is 20.2 Å². The number of rotatable bonds is 7. The summed E-state index contributed by atoms with van der Waals surface area (Å²) in [5, 5.41) is 1.55. The highest BCUT2D eigenvalue weighted by Crippen LogP contribution is 2.35. The van der Waals surface area contributed by atoms with Crippen molar-refractivity contribution in [3.63, 3.8) is 0 Å². The second-order valence-electron chi connectivity index (χ2n) is 8.30. The van der Waals surface area contributed by atoms with E-state index in [0.29, 0.717) is 30.5 Å². The number of aromatic nitrogens is 2. The van der Waals surface area contributed by atoms with Crippen LogP contribution in [0.25, 0.3) is 22.0 Å². The summed E-state index contributed by atoms with van der Waals surface area (Å²) < 4.78 is 27.3. The van der Waals surface area contributed by atoms with E-state index in [1.807, 2.05) is 37.3 Å². The van der Waals surface area contributed by atoms with Crippen molar-refractivity contribution in [3.05, 3.63) is 77.0 Å². The van der Waals surface area contributed by atoms with Crippen molar-refractivity contribution in [3.8, 4) is 16.9 Å². The molecule has 0 amide bonds. The first-order valence-corrected chi connectivity index (χ1v) is 12.9. The maximum absolute atomic E-state index is 13.1. The van der Waals surface area contributed by atoms with Gasteiger partial charge in [0.2, 0.25) is 5.95 Å². The highest BCUT2D eigenvalue weighted by atomic mass is 35.5. The summed E-state index contributed by atoms with van der Waals surface area (Å²) >= 11 is 7.72. The number of carbonyl (C=O) groups is 1. The first-order valence-electron chi connectivity index (χ1n) is 11.7. The number of nitrogens with zero attached hydrogens (tertiary/aromatic N) is 2. The van der Waals surface area contributed by atoms with Crippen molar-refractivity contribution in [2.24, 2.45) is 5.73 Å². The smallest absolute Gasteiger partial charge is 0.212 e. The predicted molar refractivity (Wildman–Crippen MR) is 146 cm³/mol. The molecule has 37 heavy (non-hydrogen) atoms. The van der Waals surface area contributed by atoms with Crippen LogP contribution in [-0.2, 0) is 4.74 Å². The lowest BCUT2D eigenvalue weighted by atomic mass is 10.0. The Balaban J connectivity index is 0.00000156. The molecule has 0 spiro atoms. The van der Waals surface area contributed by atoms with Crippen LogP contribution in [0.15, 0.2) is 59.6 Å². The third-order valence-corrected chi connectivity index (χ3v) is 7.30. The van der Waals surface area contributed by atoms with Gasteiger partial charge >= 0.3 is 0 Å². The Kier molecular flexibility index (Phi) is 9.18. The van der Waals surface area contributed by atoms with Crippen molar-refractivity contribution in [1.29, 1.82) is 0 Å². The van der Waals surface area contributed by atoms with Crippen LogP contribution in [0.1, 0.15) is 16.1 Å². The molecule has 1 fully saturated rings. The van der Waals surface area contributed by atoms with Gasteiger partial charge in [-0.05, 0) is 79.5 Å². The zero-order chi connectivity index (χ0) is 26.4. The molecule has 2 aromatic carbocycles. The van der Waals surface area contributed by atoms with Gasteiger partial charge in [-0.25, -0.2) is 9.29 Å². The number of benzene rings is 2. The Morgan fingerprint density at radius 1 is 1.27 bits per heavy atom. The van der Waals surface area contributed by atoms with Crippen molar-refractivity contribution in [2.45, 2.75) is 17.9 Å². The summed E-state index contributed by atoms with van der Waals surface area (Å²) in [5.41, 5.74) is 8.76. The number of ether oxygens (including phenoxy) is 2. The van der Waals surface area contributed by atoms with Gasteiger partial charge in [0, 0.05) is 40.8 Å². The minimum Gasteiger partial charge on any atom is -0.491 e. The van der Waals surface area contributed by atoms with E-state index in [-0.39, 0.29) is 6.10 Å². The first-order chi connectivity index (χ1) is 18.0. The zero-order valence-corrected chi connectivity index (χ0v) is 22.1. The second-order valence-corrected chi connectivity index (χ2v) is 9.85. The summed E-state index contributed by atoms with van der Waals surface area (Å²) in [4.78, 5) is 19.4. The van der Waals surface area contributed by atoms with Crippen LogP contribution in [-0.4, -0.2) is 60.0 Å². The van der Waals surface area contributed by atoms with Crippen LogP contribution in [0.5, 0.6) is 5.75 Å². The van der Waals surface area contributed by atoms with E-state index < -0.39 is 5.95 Å². The molecule has 0 saturated carbocycles. The maximum atomic E-state index is 13.1. The molecule has 1 atom stereocenters. The van der Waals surface area contributed by atoms with Gasteiger partial charge in [0.05, 0.1) is 17.2 Å². The fourth-order valence-corrected chi connectivity index (χ4v) is 5.42. The molecule has 3 heterocycles. The van der Waals surface area contributed by atoms with Crippen molar-refractivity contribution >= 4 is 40.7 Å². The number of nitrogens with one attached hydrogen (secondary N) is 1. The number of hydrogen-bond donors (Lipinski definition) is 2. The maximum Gasteiger partial charge on any atom is 0.212 e. The van der Waals surface area contributed by atoms with Crippen LogP contribution in [0.4, 0.5) is 4.39 Å². The molecule has 2 aromatic heterocycles. The molecule has 4 aromatic rings. The van der Waals surface area contributed by atoms with Crippen molar-refractivity contribution < 1.29 is 18.7 Å². The van der Waals surface area contributed by atoms with Gasteiger partial charge in [0.1, 0.15) is 18.5 Å². The number of aromatic amines is 1. The number of pyridine rings is 1. The van der Waals surface area contributed by atoms with Crippen LogP contribution in [0.2, 0.25) is 5.02 Å². The number of aldehydes is 1. The van der Waals surface area contributed by atoms with E-state index in [1.54, 1.807) is 12.1 Å². The number of fused-ring (bicyclic) bond motifs is 1. The van der Waals surface area contributed by atoms with Crippen molar-refractivity contribution in [1.82, 2.24) is 14.3 Å². The average Bonchev–Trinajstić information content (AvgIpc) is 3.26. The molecule has 7 nitrogen and oxygen atoms in total. The minimum absolute atomic E-state index is 0.119. The number of aryl methyl sites for hydroxylation is 1. The molecule has 0 aliphatic carbocycles. The third kappa shape index (κ3) is 6.49. The quantitative estimate of drug-likeness (QED) is 0.181. The number of nitrogens with two attached hydrogens (primary N) is 1. The number of carbonyl (C=O) groups excluding carboxylic acids is 1. The SMILES string of the molecule is CN.Cc1cc(OCC2CN(Sc3c(C=O)[nH]c4ccc(Cl)cc34)CCO2)ccc1-c1ccc(F)nc1. The van der Waals surface area contributed by atoms with Gasteiger partial charge in [-0.3, -0.25) is 4.79 Å². The number of hydrogen-bond acceptors (Lipinski definition) is 7. The number of halogens is 2. The van der Waals surface area contributed by atoms with E-state index in [9.17, 15) is 9.18 Å². The standard InChI is InChI=1S/C26H23ClFN3O3S.CH5N/c1-16-10-19(4-5-21(16)17-2-7-25(28)29-12-17)34-15-20-13-31(8-9-33-20)35-26-22-11-18(27)3-6-23(22)30-24(26)14-32;1-2/h2-7,10-12,14,20,30H,8-9,13,15H2,1H3;2H2,1H3. The molecule has 3 N–H and O–H groups in total. The first kappa shape index (κ1) is 27.1. The van der Waals surface area contributed by atoms with Gasteiger partial charge in [-0.15, -0.1) is 0 Å². The lowest BCUT2D eigenvalue weighted by molar-refractivity contribution is -0.0224. The van der Waals surface area contributed by atoms with Gasteiger partial charge in [0.25, 0.3) is 0 Å². The predicted octanol–water partition coefficient (Wildman–Crippen LogP) is 5.51. The molecule has 194 valence electrons. The Morgan fingerprint density at radius 3 is 2.84 bits per heavy atom. The lowest BCUT2D eigenvalue weighted by Crippen LogP contribution is -2.41. The van der Waals surface area contributed by atoms with Crippen molar-refractivity contribution in [2.75, 3.05) is 33.4 Å². The van der Waals surface area contributed by atoms with E-state index in [0.717, 1.165) is 51.1 Å². The number of morpholine rings is 1. The van der Waals surface area contributed by atoms with Crippen LogP contribution < -0.4 is 10.5 Å². The highest BCUT2D eigenvalue weighted by molar-refractivity contribution is 7.97. The summed E-state index contributed by atoms with van der Waals surface area (Å²) in [7, 11) is 1.50.